The molecule has 94 valence electrons. The van der Waals surface area contributed by atoms with Gasteiger partial charge in [0.05, 0.1) is 0 Å². The summed E-state index contributed by atoms with van der Waals surface area (Å²) in [6, 6.07) is 8.37. The molecule has 0 saturated carbocycles. The fourth-order valence-electron chi connectivity index (χ4n) is 1.57. The van der Waals surface area contributed by atoms with Crippen LogP contribution in [0.3, 0.4) is 0 Å². The van der Waals surface area contributed by atoms with Crippen LogP contribution in [0.15, 0.2) is 24.3 Å². The molecule has 0 aliphatic rings. The zero-order chi connectivity index (χ0) is 13.1. The van der Waals surface area contributed by atoms with E-state index in [9.17, 15) is 4.79 Å². The number of amides is 1. The molecule has 0 heterocycles. The highest BCUT2D eigenvalue weighted by Gasteiger charge is 2.13. The summed E-state index contributed by atoms with van der Waals surface area (Å²) in [6.45, 7) is 7.16. The van der Waals surface area contributed by atoms with Crippen LogP contribution in [-0.2, 0) is 16.8 Å². The zero-order valence-corrected chi connectivity index (χ0v) is 11.7. The number of benzene rings is 1. The fraction of sp³-hybridized carbons (Fsp3) is 0.500. The summed E-state index contributed by atoms with van der Waals surface area (Å²) in [6.07, 6.45) is 0. The van der Waals surface area contributed by atoms with E-state index in [1.54, 1.807) is 11.9 Å². The van der Waals surface area contributed by atoms with Crippen LogP contribution >= 0.6 is 11.6 Å². The van der Waals surface area contributed by atoms with Crippen molar-refractivity contribution in [2.45, 2.75) is 32.7 Å². The molecule has 1 aromatic rings. The highest BCUT2D eigenvalue weighted by atomic mass is 35.5. The molecule has 0 aliphatic heterocycles. The van der Waals surface area contributed by atoms with Gasteiger partial charge in [0.15, 0.2) is 0 Å². The third-order valence-corrected chi connectivity index (χ3v) is 3.01. The summed E-state index contributed by atoms with van der Waals surface area (Å²) in [5.41, 5.74) is 2.59. The normalized spacial score (nSPS) is 11.4. The molecule has 0 unspecified atom stereocenters. The van der Waals surface area contributed by atoms with Crippen molar-refractivity contribution in [2.24, 2.45) is 0 Å². The molecule has 1 amide bonds. The molecule has 0 radical (unpaired) electrons. The lowest BCUT2D eigenvalue weighted by atomic mass is 9.87. The molecule has 1 aromatic carbocycles. The second kappa shape index (κ2) is 5.54. The lowest BCUT2D eigenvalue weighted by Crippen LogP contribution is -2.27. The smallest absolute Gasteiger partial charge is 0.237 e. The van der Waals surface area contributed by atoms with Gasteiger partial charge in [0.2, 0.25) is 5.91 Å². The second-order valence-corrected chi connectivity index (χ2v) is 5.60. The van der Waals surface area contributed by atoms with Gasteiger partial charge in [-0.15, -0.1) is 11.6 Å². The summed E-state index contributed by atoms with van der Waals surface area (Å²) >= 11 is 5.51. The van der Waals surface area contributed by atoms with Crippen molar-refractivity contribution in [2.75, 3.05) is 12.9 Å². The van der Waals surface area contributed by atoms with Crippen LogP contribution in [-0.4, -0.2) is 23.7 Å². The number of hydrogen-bond acceptors (Lipinski definition) is 1. The summed E-state index contributed by atoms with van der Waals surface area (Å²) in [5, 5.41) is 0. The first-order valence-corrected chi connectivity index (χ1v) is 6.27. The molecule has 3 heteroatoms. The summed E-state index contributed by atoms with van der Waals surface area (Å²) in [7, 11) is 1.77. The SMILES string of the molecule is CN(Cc1ccc(C(C)(C)C)cc1)C(=O)CCl. The molecular weight excluding hydrogens is 234 g/mol. The summed E-state index contributed by atoms with van der Waals surface area (Å²) in [4.78, 5) is 13.0. The summed E-state index contributed by atoms with van der Waals surface area (Å²) < 4.78 is 0. The largest absolute Gasteiger partial charge is 0.340 e. The maximum Gasteiger partial charge on any atom is 0.237 e. The zero-order valence-electron chi connectivity index (χ0n) is 11.0. The van der Waals surface area contributed by atoms with E-state index in [2.05, 4.69) is 45.0 Å². The highest BCUT2D eigenvalue weighted by molar-refractivity contribution is 6.27. The number of nitrogens with zero attached hydrogens (tertiary/aromatic N) is 1. The van der Waals surface area contributed by atoms with Crippen molar-refractivity contribution >= 4 is 17.5 Å². The van der Waals surface area contributed by atoms with E-state index in [1.165, 1.54) is 5.56 Å². The maximum atomic E-state index is 11.3. The Balaban J connectivity index is 2.72. The van der Waals surface area contributed by atoms with Crippen LogP contribution in [0.5, 0.6) is 0 Å². The third kappa shape index (κ3) is 4.04. The van der Waals surface area contributed by atoms with Gasteiger partial charge in [-0.1, -0.05) is 45.0 Å². The first-order valence-electron chi connectivity index (χ1n) is 5.74. The van der Waals surface area contributed by atoms with Gasteiger partial charge in [-0.3, -0.25) is 4.79 Å². The molecule has 17 heavy (non-hydrogen) atoms. The minimum absolute atomic E-state index is 0.0383. The Kier molecular flexibility index (Phi) is 4.58. The van der Waals surface area contributed by atoms with E-state index in [-0.39, 0.29) is 17.2 Å². The van der Waals surface area contributed by atoms with E-state index in [4.69, 9.17) is 11.6 Å². The monoisotopic (exact) mass is 253 g/mol. The molecule has 1 rings (SSSR count). The first-order chi connectivity index (χ1) is 7.84. The number of alkyl halides is 1. The minimum Gasteiger partial charge on any atom is -0.340 e. The lowest BCUT2D eigenvalue weighted by Gasteiger charge is -2.20. The predicted molar refractivity (Wildman–Crippen MR) is 72.3 cm³/mol. The number of carbonyl (C=O) groups is 1. The molecule has 0 bridgehead atoms. The van der Waals surface area contributed by atoms with Crippen molar-refractivity contribution in [3.8, 4) is 0 Å². The predicted octanol–water partition coefficient (Wildman–Crippen LogP) is 3.18. The van der Waals surface area contributed by atoms with Crippen LogP contribution in [0.2, 0.25) is 0 Å². The van der Waals surface area contributed by atoms with Crippen LogP contribution in [0.25, 0.3) is 0 Å². The molecule has 0 N–H and O–H groups in total. The Labute approximate surface area is 109 Å². The molecule has 0 aliphatic carbocycles. The van der Waals surface area contributed by atoms with Crippen LogP contribution in [0, 0.1) is 0 Å². The van der Waals surface area contributed by atoms with Gasteiger partial charge in [-0.2, -0.15) is 0 Å². The number of rotatable bonds is 3. The number of hydrogen-bond donors (Lipinski definition) is 0. The van der Waals surface area contributed by atoms with Gasteiger partial charge >= 0.3 is 0 Å². The molecule has 0 fully saturated rings. The molecule has 0 spiro atoms. The standard InChI is InChI=1S/C14H20ClNO/c1-14(2,3)12-7-5-11(6-8-12)10-16(4)13(17)9-15/h5-8H,9-10H2,1-4H3. The first kappa shape index (κ1) is 14.0. The van der Waals surface area contributed by atoms with Crippen molar-refractivity contribution in [1.82, 2.24) is 4.90 Å². The minimum atomic E-state index is -0.0495. The molecular formula is C14H20ClNO. The van der Waals surface area contributed by atoms with Crippen molar-refractivity contribution in [1.29, 1.82) is 0 Å². The average molecular weight is 254 g/mol. The second-order valence-electron chi connectivity index (χ2n) is 5.33. The molecule has 0 atom stereocenters. The summed E-state index contributed by atoms with van der Waals surface area (Å²) in [5.74, 6) is -0.0112. The Morgan fingerprint density at radius 3 is 2.18 bits per heavy atom. The van der Waals surface area contributed by atoms with E-state index in [0.29, 0.717) is 6.54 Å². The topological polar surface area (TPSA) is 20.3 Å². The van der Waals surface area contributed by atoms with Gasteiger partial charge in [-0.25, -0.2) is 0 Å². The fourth-order valence-corrected chi connectivity index (χ4v) is 1.78. The maximum absolute atomic E-state index is 11.3. The van der Waals surface area contributed by atoms with E-state index in [1.807, 2.05) is 0 Å². The molecule has 2 nitrogen and oxygen atoms in total. The van der Waals surface area contributed by atoms with Crippen molar-refractivity contribution < 1.29 is 4.79 Å². The van der Waals surface area contributed by atoms with Crippen molar-refractivity contribution in [3.05, 3.63) is 35.4 Å². The van der Waals surface area contributed by atoms with Gasteiger partial charge in [-0.05, 0) is 16.5 Å². The van der Waals surface area contributed by atoms with Crippen molar-refractivity contribution in [3.63, 3.8) is 0 Å². The lowest BCUT2D eigenvalue weighted by molar-refractivity contribution is -0.127. The van der Waals surface area contributed by atoms with E-state index < -0.39 is 0 Å². The van der Waals surface area contributed by atoms with Gasteiger partial charge < -0.3 is 4.90 Å². The van der Waals surface area contributed by atoms with Gasteiger partial charge in [0.25, 0.3) is 0 Å². The third-order valence-electron chi connectivity index (χ3n) is 2.78. The van der Waals surface area contributed by atoms with E-state index in [0.717, 1.165) is 5.56 Å². The number of halogens is 1. The van der Waals surface area contributed by atoms with Crippen LogP contribution in [0.1, 0.15) is 31.9 Å². The van der Waals surface area contributed by atoms with Gasteiger partial charge in [0, 0.05) is 13.6 Å². The van der Waals surface area contributed by atoms with Crippen LogP contribution < -0.4 is 0 Å². The average Bonchev–Trinajstić information content (AvgIpc) is 2.27. The number of carbonyl (C=O) groups excluding carboxylic acids is 1. The Bertz CT molecular complexity index is 378. The Hall–Kier alpha value is -1.02. The van der Waals surface area contributed by atoms with E-state index >= 15 is 0 Å². The quantitative estimate of drug-likeness (QED) is 0.758. The Morgan fingerprint density at radius 2 is 1.76 bits per heavy atom. The molecule has 0 aromatic heterocycles. The Morgan fingerprint density at radius 1 is 1.24 bits per heavy atom. The van der Waals surface area contributed by atoms with Gasteiger partial charge in [0.1, 0.15) is 5.88 Å². The molecule has 0 saturated heterocycles. The van der Waals surface area contributed by atoms with Crippen LogP contribution in [0.4, 0.5) is 0 Å². The highest BCUT2D eigenvalue weighted by Crippen LogP contribution is 2.22.